The van der Waals surface area contributed by atoms with Gasteiger partial charge in [-0.15, -0.1) is 11.6 Å². The number of methoxy groups -OCH3 is 1. The maximum atomic E-state index is 13.1. The fourth-order valence-corrected chi connectivity index (χ4v) is 2.01. The molecule has 1 nitrogen and oxygen atoms in total. The lowest BCUT2D eigenvalue weighted by atomic mass is 9.95. The fourth-order valence-electron chi connectivity index (χ4n) is 1.69. The minimum absolute atomic E-state index is 0.169. The molecule has 1 atom stereocenters. The molecule has 0 aliphatic rings. The first-order valence-corrected chi connectivity index (χ1v) is 5.65. The Balaban J connectivity index is 3.02. The summed E-state index contributed by atoms with van der Waals surface area (Å²) in [4.78, 5) is 0. The monoisotopic (exact) mass is 230 g/mol. The van der Waals surface area contributed by atoms with E-state index in [9.17, 15) is 4.39 Å². The molecule has 1 rings (SSSR count). The van der Waals surface area contributed by atoms with E-state index in [4.69, 9.17) is 16.3 Å². The van der Waals surface area contributed by atoms with E-state index in [0.29, 0.717) is 5.88 Å². The third kappa shape index (κ3) is 3.10. The first-order valence-electron chi connectivity index (χ1n) is 5.12. The lowest BCUT2D eigenvalue weighted by Crippen LogP contribution is -2.03. The Hall–Kier alpha value is -0.760. The van der Waals surface area contributed by atoms with Gasteiger partial charge in [0.1, 0.15) is 11.6 Å². The molecule has 84 valence electrons. The molecule has 1 unspecified atom stereocenters. The number of alkyl halides is 1. The number of hydrogen-bond acceptors (Lipinski definition) is 1. The van der Waals surface area contributed by atoms with Crippen LogP contribution >= 0.6 is 11.6 Å². The minimum Gasteiger partial charge on any atom is -0.496 e. The molecular weight excluding hydrogens is 215 g/mol. The van der Waals surface area contributed by atoms with Crippen molar-refractivity contribution in [1.29, 1.82) is 0 Å². The molecule has 1 aromatic rings. The second kappa shape index (κ2) is 5.96. The van der Waals surface area contributed by atoms with Crippen LogP contribution in [0.5, 0.6) is 5.75 Å². The molecule has 0 aliphatic heterocycles. The van der Waals surface area contributed by atoms with Crippen molar-refractivity contribution in [2.45, 2.75) is 25.7 Å². The van der Waals surface area contributed by atoms with Crippen LogP contribution in [0.25, 0.3) is 0 Å². The largest absolute Gasteiger partial charge is 0.496 e. The molecule has 0 aliphatic carbocycles. The highest BCUT2D eigenvalue weighted by Gasteiger charge is 2.15. The number of halogens is 2. The first-order chi connectivity index (χ1) is 7.22. The Morgan fingerprint density at radius 3 is 2.73 bits per heavy atom. The number of rotatable bonds is 5. The van der Waals surface area contributed by atoms with Gasteiger partial charge in [-0.05, 0) is 24.6 Å². The average molecular weight is 231 g/mol. The molecule has 0 saturated carbocycles. The second-order valence-corrected chi connectivity index (χ2v) is 3.83. The van der Waals surface area contributed by atoms with Crippen molar-refractivity contribution in [2.24, 2.45) is 0 Å². The predicted octanol–water partition coefficient (Wildman–Crippen LogP) is 3.96. The van der Waals surface area contributed by atoms with E-state index >= 15 is 0 Å². The molecule has 0 saturated heterocycles. The van der Waals surface area contributed by atoms with Crippen molar-refractivity contribution in [1.82, 2.24) is 0 Å². The van der Waals surface area contributed by atoms with E-state index in [1.165, 1.54) is 12.1 Å². The zero-order valence-electron chi connectivity index (χ0n) is 9.09. The summed E-state index contributed by atoms with van der Waals surface area (Å²) in [5.41, 5.74) is 0.870. The van der Waals surface area contributed by atoms with Crippen LogP contribution in [0, 0.1) is 5.82 Å². The number of ether oxygens (including phenoxy) is 1. The van der Waals surface area contributed by atoms with Gasteiger partial charge in [0.2, 0.25) is 0 Å². The quantitative estimate of drug-likeness (QED) is 0.696. The van der Waals surface area contributed by atoms with E-state index < -0.39 is 0 Å². The van der Waals surface area contributed by atoms with Gasteiger partial charge in [-0.3, -0.25) is 0 Å². The maximum absolute atomic E-state index is 13.1. The van der Waals surface area contributed by atoms with Gasteiger partial charge < -0.3 is 4.74 Å². The third-order valence-electron chi connectivity index (χ3n) is 2.45. The summed E-state index contributed by atoms with van der Waals surface area (Å²) in [6.07, 6.45) is 1.97. The smallest absolute Gasteiger partial charge is 0.123 e. The molecule has 15 heavy (non-hydrogen) atoms. The van der Waals surface area contributed by atoms with E-state index in [0.717, 1.165) is 24.2 Å². The first kappa shape index (κ1) is 12.3. The Morgan fingerprint density at radius 2 is 2.20 bits per heavy atom. The average Bonchev–Trinajstić information content (AvgIpc) is 2.26. The van der Waals surface area contributed by atoms with Crippen molar-refractivity contribution in [3.63, 3.8) is 0 Å². The van der Waals surface area contributed by atoms with Crippen molar-refractivity contribution in [2.75, 3.05) is 13.0 Å². The molecular formula is C12H16ClFO. The fraction of sp³-hybridized carbons (Fsp3) is 0.500. The zero-order chi connectivity index (χ0) is 11.3. The zero-order valence-corrected chi connectivity index (χ0v) is 9.85. The summed E-state index contributed by atoms with van der Waals surface area (Å²) < 4.78 is 18.3. The number of hydrogen-bond donors (Lipinski definition) is 0. The normalized spacial score (nSPS) is 12.5. The molecule has 0 radical (unpaired) electrons. The molecule has 0 amide bonds. The van der Waals surface area contributed by atoms with Crippen molar-refractivity contribution >= 4 is 11.6 Å². The van der Waals surface area contributed by atoms with Crippen LogP contribution in [0.15, 0.2) is 18.2 Å². The SMILES string of the molecule is CCCC(CCl)c1cc(F)ccc1OC. The molecule has 0 spiro atoms. The Bertz CT molecular complexity index is 314. The van der Waals surface area contributed by atoms with Gasteiger partial charge >= 0.3 is 0 Å². The van der Waals surface area contributed by atoms with Crippen LogP contribution < -0.4 is 4.74 Å². The maximum Gasteiger partial charge on any atom is 0.123 e. The van der Waals surface area contributed by atoms with Crippen LogP contribution in [0.3, 0.4) is 0 Å². The third-order valence-corrected chi connectivity index (χ3v) is 2.83. The van der Waals surface area contributed by atoms with Gasteiger partial charge in [0.15, 0.2) is 0 Å². The van der Waals surface area contributed by atoms with Gasteiger partial charge in [-0.2, -0.15) is 0 Å². The second-order valence-electron chi connectivity index (χ2n) is 3.53. The number of benzene rings is 1. The summed E-state index contributed by atoms with van der Waals surface area (Å²) >= 11 is 5.88. The Labute approximate surface area is 95.2 Å². The van der Waals surface area contributed by atoms with Crippen LogP contribution in [0.1, 0.15) is 31.2 Å². The summed E-state index contributed by atoms with van der Waals surface area (Å²) in [6, 6.07) is 4.57. The van der Waals surface area contributed by atoms with Gasteiger partial charge in [-0.1, -0.05) is 13.3 Å². The lowest BCUT2D eigenvalue weighted by Gasteiger charge is -2.16. The highest BCUT2D eigenvalue weighted by Crippen LogP contribution is 2.31. The van der Waals surface area contributed by atoms with E-state index in [1.807, 2.05) is 0 Å². The van der Waals surface area contributed by atoms with Gasteiger partial charge in [0.05, 0.1) is 7.11 Å². The van der Waals surface area contributed by atoms with Gasteiger partial charge in [-0.25, -0.2) is 4.39 Å². The summed E-state index contributed by atoms with van der Waals surface area (Å²) in [7, 11) is 1.59. The van der Waals surface area contributed by atoms with E-state index in [2.05, 4.69) is 6.92 Å². The molecule has 0 bridgehead atoms. The predicted molar refractivity (Wildman–Crippen MR) is 61.3 cm³/mol. The van der Waals surface area contributed by atoms with Crippen LogP contribution in [-0.2, 0) is 0 Å². The minimum atomic E-state index is -0.239. The van der Waals surface area contributed by atoms with Gasteiger partial charge in [0, 0.05) is 17.4 Å². The van der Waals surface area contributed by atoms with Gasteiger partial charge in [0.25, 0.3) is 0 Å². The summed E-state index contributed by atoms with van der Waals surface area (Å²) in [5.74, 6) is 1.14. The molecule has 0 fully saturated rings. The van der Waals surface area contributed by atoms with Crippen molar-refractivity contribution in [3.05, 3.63) is 29.6 Å². The Morgan fingerprint density at radius 1 is 1.47 bits per heavy atom. The van der Waals surface area contributed by atoms with Crippen molar-refractivity contribution in [3.8, 4) is 5.75 Å². The lowest BCUT2D eigenvalue weighted by molar-refractivity contribution is 0.403. The summed E-state index contributed by atoms with van der Waals surface area (Å²) in [6.45, 7) is 2.09. The molecule has 3 heteroatoms. The molecule has 0 aromatic heterocycles. The summed E-state index contributed by atoms with van der Waals surface area (Å²) in [5, 5.41) is 0. The molecule has 1 aromatic carbocycles. The van der Waals surface area contributed by atoms with E-state index in [-0.39, 0.29) is 11.7 Å². The van der Waals surface area contributed by atoms with Crippen LogP contribution in [-0.4, -0.2) is 13.0 Å². The van der Waals surface area contributed by atoms with Crippen LogP contribution in [0.2, 0.25) is 0 Å². The standard InChI is InChI=1S/C12H16ClFO/c1-3-4-9(8-13)11-7-10(14)5-6-12(11)15-2/h5-7,9H,3-4,8H2,1-2H3. The van der Waals surface area contributed by atoms with E-state index in [1.54, 1.807) is 13.2 Å². The topological polar surface area (TPSA) is 9.23 Å². The highest BCUT2D eigenvalue weighted by atomic mass is 35.5. The van der Waals surface area contributed by atoms with Crippen LogP contribution in [0.4, 0.5) is 4.39 Å². The Kier molecular flexibility index (Phi) is 4.89. The van der Waals surface area contributed by atoms with Crippen molar-refractivity contribution < 1.29 is 9.13 Å². The highest BCUT2D eigenvalue weighted by molar-refractivity contribution is 6.18. The molecule has 0 heterocycles. The molecule has 0 N–H and O–H groups in total.